The molecule has 1 aromatic carbocycles. The minimum atomic E-state index is -1.72. The molecule has 0 atom stereocenters. The van der Waals surface area contributed by atoms with Crippen molar-refractivity contribution in [3.8, 4) is 0 Å². The Balaban J connectivity index is 2.89. The molecule has 0 saturated heterocycles. The highest BCUT2D eigenvalue weighted by molar-refractivity contribution is 6.31. The molecule has 0 heterocycles. The topological polar surface area (TPSA) is 17.1 Å². The molecule has 21 heavy (non-hydrogen) atoms. The Morgan fingerprint density at radius 3 is 2.19 bits per heavy atom. The van der Waals surface area contributed by atoms with Crippen molar-refractivity contribution in [3.05, 3.63) is 46.0 Å². The van der Waals surface area contributed by atoms with Gasteiger partial charge in [-0.05, 0) is 12.8 Å². The monoisotopic (exact) mass is 322 g/mol. The van der Waals surface area contributed by atoms with Gasteiger partial charge >= 0.3 is 0 Å². The first kappa shape index (κ1) is 17.7. The van der Waals surface area contributed by atoms with Crippen molar-refractivity contribution in [1.29, 1.82) is 0 Å². The van der Waals surface area contributed by atoms with Gasteiger partial charge in [-0.25, -0.2) is 17.6 Å². The van der Waals surface area contributed by atoms with E-state index in [9.17, 15) is 22.4 Å². The molecule has 0 aromatic heterocycles. The Labute approximate surface area is 125 Å². The van der Waals surface area contributed by atoms with Crippen molar-refractivity contribution < 1.29 is 22.4 Å². The van der Waals surface area contributed by atoms with Gasteiger partial charge in [-0.1, -0.05) is 37.8 Å². The molecule has 116 valence electrons. The van der Waals surface area contributed by atoms with Crippen LogP contribution in [0.1, 0.15) is 49.4 Å². The molecule has 1 nitrogen and oxygen atoms in total. The fourth-order valence-corrected chi connectivity index (χ4v) is 2.03. The summed E-state index contributed by atoms with van der Waals surface area (Å²) in [4.78, 5) is 11.7. The average Bonchev–Trinajstić information content (AvgIpc) is 2.41. The van der Waals surface area contributed by atoms with E-state index in [2.05, 4.69) is 0 Å². The normalized spacial score (nSPS) is 11.8. The molecule has 0 spiro atoms. The largest absolute Gasteiger partial charge is 0.289 e. The molecule has 0 N–H and O–H groups in total. The third kappa shape index (κ3) is 4.84. The Morgan fingerprint density at radius 1 is 1.10 bits per heavy atom. The minimum Gasteiger partial charge on any atom is -0.289 e. The second-order valence-electron chi connectivity index (χ2n) is 4.61. The second-order valence-corrected chi connectivity index (χ2v) is 5.09. The van der Waals surface area contributed by atoms with Gasteiger partial charge < -0.3 is 0 Å². The van der Waals surface area contributed by atoms with Crippen LogP contribution in [0.15, 0.2) is 17.2 Å². The van der Waals surface area contributed by atoms with Gasteiger partial charge in [0.15, 0.2) is 29.1 Å². The van der Waals surface area contributed by atoms with E-state index in [-0.39, 0.29) is 11.1 Å². The number of carbonyl (C=O) groups is 1. The summed E-state index contributed by atoms with van der Waals surface area (Å²) in [5, 5.41) is 0.0968. The standard InChI is InChI=1S/C15H15ClF4O/c1-2-3-4-5-6-9(16)7-12(21)13-14(19)10(17)8-11(18)15(13)20/h7-8H,2-6H2,1H3/b9-7-. The number of ketones is 1. The van der Waals surface area contributed by atoms with E-state index in [0.29, 0.717) is 6.42 Å². The van der Waals surface area contributed by atoms with Crippen LogP contribution < -0.4 is 0 Å². The smallest absolute Gasteiger partial charge is 0.193 e. The third-order valence-corrected chi connectivity index (χ3v) is 3.21. The van der Waals surface area contributed by atoms with E-state index in [1.54, 1.807) is 0 Å². The van der Waals surface area contributed by atoms with Crippen LogP contribution in [0.3, 0.4) is 0 Å². The van der Waals surface area contributed by atoms with Crippen LogP contribution >= 0.6 is 11.6 Å². The lowest BCUT2D eigenvalue weighted by Gasteiger charge is -2.04. The summed E-state index contributed by atoms with van der Waals surface area (Å²) in [5.74, 6) is -7.87. The summed E-state index contributed by atoms with van der Waals surface area (Å²) in [6.07, 6.45) is 4.84. The molecule has 0 radical (unpaired) electrons. The van der Waals surface area contributed by atoms with Gasteiger partial charge in [-0.15, -0.1) is 0 Å². The van der Waals surface area contributed by atoms with E-state index in [4.69, 9.17) is 11.6 Å². The zero-order chi connectivity index (χ0) is 16.0. The third-order valence-electron chi connectivity index (χ3n) is 2.92. The van der Waals surface area contributed by atoms with Gasteiger partial charge in [-0.2, -0.15) is 0 Å². The molecular weight excluding hydrogens is 308 g/mol. The first-order valence-electron chi connectivity index (χ1n) is 6.61. The summed E-state index contributed by atoms with van der Waals surface area (Å²) < 4.78 is 52.9. The Morgan fingerprint density at radius 2 is 1.67 bits per heavy atom. The number of carbonyl (C=O) groups excluding carboxylic acids is 1. The lowest BCUT2D eigenvalue weighted by Crippen LogP contribution is -2.08. The molecule has 0 fully saturated rings. The van der Waals surface area contributed by atoms with Crippen LogP contribution in [0.4, 0.5) is 17.6 Å². The van der Waals surface area contributed by atoms with E-state index < -0.39 is 34.6 Å². The molecular formula is C15H15ClF4O. The van der Waals surface area contributed by atoms with Crippen LogP contribution in [-0.2, 0) is 0 Å². The summed E-state index contributed by atoms with van der Waals surface area (Å²) >= 11 is 5.80. The van der Waals surface area contributed by atoms with Crippen molar-refractivity contribution in [3.63, 3.8) is 0 Å². The average molecular weight is 323 g/mol. The zero-order valence-electron chi connectivity index (χ0n) is 11.5. The summed E-state index contributed by atoms with van der Waals surface area (Å²) in [5.41, 5.74) is -1.26. The summed E-state index contributed by atoms with van der Waals surface area (Å²) in [6, 6.07) is 0.0531. The molecule has 0 aliphatic rings. The van der Waals surface area contributed by atoms with Gasteiger partial charge in [0.2, 0.25) is 0 Å². The highest BCUT2D eigenvalue weighted by Gasteiger charge is 2.23. The molecule has 0 aliphatic carbocycles. The predicted molar refractivity (Wildman–Crippen MR) is 73.3 cm³/mol. The first-order valence-corrected chi connectivity index (χ1v) is 6.99. The van der Waals surface area contributed by atoms with Crippen LogP contribution in [-0.4, -0.2) is 5.78 Å². The Kier molecular flexibility index (Phi) is 6.89. The van der Waals surface area contributed by atoms with E-state index in [1.807, 2.05) is 6.92 Å². The van der Waals surface area contributed by atoms with Gasteiger partial charge in [0, 0.05) is 17.2 Å². The molecule has 1 rings (SSSR count). The number of hydrogen-bond acceptors (Lipinski definition) is 1. The maximum absolute atomic E-state index is 13.4. The van der Waals surface area contributed by atoms with Gasteiger partial charge in [0.1, 0.15) is 0 Å². The summed E-state index contributed by atoms with van der Waals surface area (Å²) in [7, 11) is 0. The fraction of sp³-hybridized carbons (Fsp3) is 0.400. The van der Waals surface area contributed by atoms with Crippen LogP contribution in [0, 0.1) is 23.3 Å². The number of allylic oxidation sites excluding steroid dienone is 2. The van der Waals surface area contributed by atoms with Gasteiger partial charge in [-0.3, -0.25) is 4.79 Å². The molecule has 0 saturated carbocycles. The molecule has 0 bridgehead atoms. The minimum absolute atomic E-state index is 0.0531. The Bertz CT molecular complexity index is 529. The number of hydrogen-bond donors (Lipinski definition) is 0. The number of unbranched alkanes of at least 4 members (excludes halogenated alkanes) is 3. The quantitative estimate of drug-likeness (QED) is 0.212. The van der Waals surface area contributed by atoms with Crippen LogP contribution in [0.25, 0.3) is 0 Å². The highest BCUT2D eigenvalue weighted by Crippen LogP contribution is 2.22. The van der Waals surface area contributed by atoms with Crippen LogP contribution in [0.5, 0.6) is 0 Å². The second kappa shape index (κ2) is 8.17. The highest BCUT2D eigenvalue weighted by atomic mass is 35.5. The number of rotatable bonds is 7. The fourth-order valence-electron chi connectivity index (χ4n) is 1.80. The lowest BCUT2D eigenvalue weighted by atomic mass is 10.1. The van der Waals surface area contributed by atoms with E-state index >= 15 is 0 Å². The Hall–Kier alpha value is -1.36. The summed E-state index contributed by atoms with van der Waals surface area (Å²) in [6.45, 7) is 2.03. The molecule has 1 aromatic rings. The zero-order valence-corrected chi connectivity index (χ0v) is 12.2. The van der Waals surface area contributed by atoms with Crippen molar-refractivity contribution >= 4 is 17.4 Å². The van der Waals surface area contributed by atoms with Crippen molar-refractivity contribution in [2.75, 3.05) is 0 Å². The maximum atomic E-state index is 13.4. The van der Waals surface area contributed by atoms with Crippen molar-refractivity contribution in [2.24, 2.45) is 0 Å². The van der Waals surface area contributed by atoms with Crippen molar-refractivity contribution in [2.45, 2.75) is 39.0 Å². The number of halogens is 5. The molecule has 0 unspecified atom stereocenters. The van der Waals surface area contributed by atoms with Gasteiger partial charge in [0.25, 0.3) is 0 Å². The van der Waals surface area contributed by atoms with Crippen LogP contribution in [0.2, 0.25) is 0 Å². The molecule has 0 amide bonds. The predicted octanol–water partition coefficient (Wildman–Crippen LogP) is 5.52. The maximum Gasteiger partial charge on any atom is 0.193 e. The van der Waals surface area contributed by atoms with E-state index in [1.165, 1.54) is 0 Å². The molecule has 0 aliphatic heterocycles. The number of benzene rings is 1. The first-order chi connectivity index (χ1) is 9.88. The van der Waals surface area contributed by atoms with E-state index in [0.717, 1.165) is 31.8 Å². The van der Waals surface area contributed by atoms with Gasteiger partial charge in [0.05, 0.1) is 5.56 Å². The SMILES string of the molecule is CCCCCC/C(Cl)=C/C(=O)c1c(F)c(F)cc(F)c1F. The molecule has 6 heteroatoms. The lowest BCUT2D eigenvalue weighted by molar-refractivity contribution is 0.103. The van der Waals surface area contributed by atoms with Crippen molar-refractivity contribution in [1.82, 2.24) is 0 Å².